The second-order valence-corrected chi connectivity index (χ2v) is 7.45. The van der Waals surface area contributed by atoms with Crippen LogP contribution in [0.5, 0.6) is 11.5 Å². The molecule has 27 heavy (non-hydrogen) atoms. The fourth-order valence-electron chi connectivity index (χ4n) is 2.62. The number of aliphatic hydroxyl groups is 1. The molecule has 2 amide bonds. The van der Waals surface area contributed by atoms with Gasteiger partial charge in [-0.2, -0.15) is 11.3 Å². The molecule has 3 N–H and O–H groups in total. The van der Waals surface area contributed by atoms with Crippen molar-refractivity contribution in [3.63, 3.8) is 0 Å². The highest BCUT2D eigenvalue weighted by atomic mass is 32.1. The largest absolute Gasteiger partial charge is 0.497 e. The van der Waals surface area contributed by atoms with Crippen LogP contribution in [0.15, 0.2) is 52.5 Å². The van der Waals surface area contributed by atoms with Gasteiger partial charge in [-0.15, -0.1) is 11.3 Å². The van der Waals surface area contributed by atoms with E-state index in [-0.39, 0.29) is 6.54 Å². The Balaban J connectivity index is 1.72. The Morgan fingerprint density at radius 2 is 2.04 bits per heavy atom. The average molecular weight is 405 g/mol. The first-order valence-corrected chi connectivity index (χ1v) is 9.95. The zero-order chi connectivity index (χ0) is 19.3. The number of carbonyl (C=O) groups excluding carboxylic acids is 1. The van der Waals surface area contributed by atoms with Gasteiger partial charge in [-0.1, -0.05) is 6.07 Å². The van der Waals surface area contributed by atoms with Gasteiger partial charge in [0.05, 0.1) is 26.5 Å². The molecular weight excluding hydrogens is 384 g/mol. The molecule has 0 saturated carbocycles. The number of thiophene rings is 2. The lowest BCUT2D eigenvalue weighted by atomic mass is 9.94. The first kappa shape index (κ1) is 19.2. The van der Waals surface area contributed by atoms with Gasteiger partial charge in [0.1, 0.15) is 17.1 Å². The lowest BCUT2D eigenvalue weighted by Gasteiger charge is -2.27. The molecular formula is C19H20N2O4S2. The average Bonchev–Trinajstić information content (AvgIpc) is 3.40. The number of hydrogen-bond acceptors (Lipinski definition) is 6. The summed E-state index contributed by atoms with van der Waals surface area (Å²) in [5.41, 5.74) is -0.0292. The van der Waals surface area contributed by atoms with Crippen LogP contribution in [0.1, 0.15) is 10.4 Å². The quantitative estimate of drug-likeness (QED) is 0.558. The van der Waals surface area contributed by atoms with Crippen LogP contribution in [0.2, 0.25) is 0 Å². The van der Waals surface area contributed by atoms with Crippen LogP contribution in [0.3, 0.4) is 0 Å². The number of hydrogen-bond donors (Lipinski definition) is 3. The van der Waals surface area contributed by atoms with Gasteiger partial charge in [-0.3, -0.25) is 0 Å². The molecule has 0 bridgehead atoms. The number of nitrogens with one attached hydrogen (secondary N) is 2. The summed E-state index contributed by atoms with van der Waals surface area (Å²) in [5, 5.41) is 22.4. The lowest BCUT2D eigenvalue weighted by Crippen LogP contribution is -2.42. The van der Waals surface area contributed by atoms with Gasteiger partial charge in [0.15, 0.2) is 0 Å². The van der Waals surface area contributed by atoms with E-state index < -0.39 is 11.6 Å². The molecule has 3 rings (SSSR count). The summed E-state index contributed by atoms with van der Waals surface area (Å²) in [6.45, 7) is 0.0363. The minimum Gasteiger partial charge on any atom is -0.497 e. The van der Waals surface area contributed by atoms with Gasteiger partial charge in [0, 0.05) is 16.5 Å². The van der Waals surface area contributed by atoms with Gasteiger partial charge >= 0.3 is 6.03 Å². The molecule has 1 atom stereocenters. The van der Waals surface area contributed by atoms with E-state index in [0.29, 0.717) is 17.2 Å². The fraction of sp³-hybridized carbons (Fsp3) is 0.211. The predicted octanol–water partition coefficient (Wildman–Crippen LogP) is 3.88. The summed E-state index contributed by atoms with van der Waals surface area (Å²) in [5.74, 6) is 1.11. The summed E-state index contributed by atoms with van der Waals surface area (Å²) in [4.78, 5) is 13.2. The highest BCUT2D eigenvalue weighted by Gasteiger charge is 2.33. The summed E-state index contributed by atoms with van der Waals surface area (Å²) >= 11 is 2.94. The Morgan fingerprint density at radius 3 is 2.67 bits per heavy atom. The van der Waals surface area contributed by atoms with Gasteiger partial charge in [-0.05, 0) is 40.4 Å². The zero-order valence-electron chi connectivity index (χ0n) is 14.9. The first-order chi connectivity index (χ1) is 13.1. The molecule has 0 aliphatic carbocycles. The van der Waals surface area contributed by atoms with Crippen molar-refractivity contribution in [2.24, 2.45) is 0 Å². The van der Waals surface area contributed by atoms with Crippen molar-refractivity contribution in [2.75, 3.05) is 26.1 Å². The SMILES string of the molecule is COc1ccc(NC(=O)NCC(O)(c2ccsc2)c2cccs2)c(OC)c1. The van der Waals surface area contributed by atoms with E-state index in [1.807, 2.05) is 34.3 Å². The number of methoxy groups -OCH3 is 2. The van der Waals surface area contributed by atoms with Crippen LogP contribution in [0.4, 0.5) is 10.5 Å². The molecule has 0 radical (unpaired) electrons. The van der Waals surface area contributed by atoms with Crippen LogP contribution < -0.4 is 20.1 Å². The Morgan fingerprint density at radius 1 is 1.19 bits per heavy atom. The number of benzene rings is 1. The molecule has 0 saturated heterocycles. The second-order valence-electron chi connectivity index (χ2n) is 5.72. The fourth-order valence-corrected chi connectivity index (χ4v) is 4.19. The molecule has 0 aliphatic heterocycles. The number of amides is 2. The van der Waals surface area contributed by atoms with E-state index in [0.717, 1.165) is 10.4 Å². The van der Waals surface area contributed by atoms with Gasteiger partial charge in [-0.25, -0.2) is 4.79 Å². The maximum Gasteiger partial charge on any atom is 0.319 e. The molecule has 1 aromatic carbocycles. The van der Waals surface area contributed by atoms with Crippen molar-refractivity contribution < 1.29 is 19.4 Å². The van der Waals surface area contributed by atoms with Crippen molar-refractivity contribution in [3.05, 3.63) is 63.0 Å². The van der Waals surface area contributed by atoms with E-state index in [9.17, 15) is 9.90 Å². The highest BCUT2D eigenvalue weighted by Crippen LogP contribution is 2.34. The topological polar surface area (TPSA) is 79.8 Å². The van der Waals surface area contributed by atoms with Crippen LogP contribution in [0.25, 0.3) is 0 Å². The third-order valence-corrected chi connectivity index (χ3v) is 5.79. The zero-order valence-corrected chi connectivity index (χ0v) is 16.5. The molecule has 142 valence electrons. The Kier molecular flexibility index (Phi) is 6.00. The maximum atomic E-state index is 12.4. The van der Waals surface area contributed by atoms with Crippen molar-refractivity contribution in [1.82, 2.24) is 5.32 Å². The number of ether oxygens (including phenoxy) is 2. The van der Waals surface area contributed by atoms with Crippen molar-refractivity contribution in [3.8, 4) is 11.5 Å². The van der Waals surface area contributed by atoms with Crippen molar-refractivity contribution in [1.29, 1.82) is 0 Å². The van der Waals surface area contributed by atoms with Gasteiger partial charge in [0.25, 0.3) is 0 Å². The van der Waals surface area contributed by atoms with Gasteiger partial charge < -0.3 is 25.2 Å². The van der Waals surface area contributed by atoms with Crippen LogP contribution in [0, 0.1) is 0 Å². The smallest absolute Gasteiger partial charge is 0.319 e. The third kappa shape index (κ3) is 4.24. The molecule has 3 aromatic rings. The molecule has 6 nitrogen and oxygen atoms in total. The second kappa shape index (κ2) is 8.43. The van der Waals surface area contributed by atoms with Crippen LogP contribution in [-0.2, 0) is 5.60 Å². The number of carbonyl (C=O) groups is 1. The Hall–Kier alpha value is -2.55. The van der Waals surface area contributed by atoms with Crippen LogP contribution in [-0.4, -0.2) is 31.9 Å². The van der Waals surface area contributed by atoms with Crippen molar-refractivity contribution in [2.45, 2.75) is 5.60 Å². The van der Waals surface area contributed by atoms with E-state index in [4.69, 9.17) is 9.47 Å². The van der Waals surface area contributed by atoms with E-state index in [2.05, 4.69) is 10.6 Å². The monoisotopic (exact) mass is 404 g/mol. The van der Waals surface area contributed by atoms with Gasteiger partial charge in [0.2, 0.25) is 0 Å². The molecule has 1 unspecified atom stereocenters. The van der Waals surface area contributed by atoms with Crippen molar-refractivity contribution >= 4 is 34.4 Å². The third-order valence-electron chi connectivity index (χ3n) is 4.09. The van der Waals surface area contributed by atoms with Crippen LogP contribution >= 0.6 is 22.7 Å². The summed E-state index contributed by atoms with van der Waals surface area (Å²) in [6, 6.07) is 10.3. The molecule has 0 spiro atoms. The molecule has 0 aliphatic rings. The van der Waals surface area contributed by atoms with E-state index >= 15 is 0 Å². The standard InChI is InChI=1S/C19H20N2O4S2/c1-24-14-5-6-15(16(10-14)25-2)21-18(22)20-12-19(23,13-7-9-26-11-13)17-4-3-8-27-17/h3-11,23H,12H2,1-2H3,(H2,20,21,22). The summed E-state index contributed by atoms with van der Waals surface area (Å²) in [7, 11) is 3.08. The molecule has 2 heterocycles. The molecule has 2 aromatic heterocycles. The predicted molar refractivity (Wildman–Crippen MR) is 108 cm³/mol. The summed E-state index contributed by atoms with van der Waals surface area (Å²) in [6.07, 6.45) is 0. The first-order valence-electron chi connectivity index (χ1n) is 8.12. The highest BCUT2D eigenvalue weighted by molar-refractivity contribution is 7.10. The van der Waals surface area contributed by atoms with E-state index in [1.165, 1.54) is 29.8 Å². The minimum absolute atomic E-state index is 0.0363. The number of anilines is 1. The number of urea groups is 1. The normalized spacial score (nSPS) is 12.9. The Bertz CT molecular complexity index is 845. The molecule has 8 heteroatoms. The minimum atomic E-state index is -1.28. The summed E-state index contributed by atoms with van der Waals surface area (Å²) < 4.78 is 10.4. The molecule has 0 fully saturated rings. The van der Waals surface area contributed by atoms with E-state index in [1.54, 1.807) is 25.3 Å². The Labute approximate surface area is 165 Å². The maximum absolute atomic E-state index is 12.4. The number of rotatable bonds is 7. The lowest BCUT2D eigenvalue weighted by molar-refractivity contribution is 0.0871.